The Morgan fingerprint density at radius 3 is 2.79 bits per heavy atom. The van der Waals surface area contributed by atoms with Crippen LogP contribution in [0.4, 0.5) is 4.79 Å². The van der Waals surface area contributed by atoms with E-state index in [0.29, 0.717) is 18.0 Å². The van der Waals surface area contributed by atoms with E-state index in [1.165, 1.54) is 18.3 Å². The van der Waals surface area contributed by atoms with Crippen molar-refractivity contribution in [1.82, 2.24) is 15.6 Å². The molecule has 0 saturated carbocycles. The van der Waals surface area contributed by atoms with Crippen LogP contribution in [0.5, 0.6) is 0 Å². The number of carbonyl (C=O) groups excluding carboxylic acids is 1. The number of amides is 2. The van der Waals surface area contributed by atoms with Gasteiger partial charge in [-0.15, -0.1) is 0 Å². The van der Waals surface area contributed by atoms with E-state index in [9.17, 15) is 13.8 Å². The van der Waals surface area contributed by atoms with Crippen LogP contribution in [-0.4, -0.2) is 44.9 Å². The largest absolute Gasteiger partial charge is 0.478 e. The molecule has 104 valence electrons. The normalized spacial score (nSPS) is 11.6. The Labute approximate surface area is 112 Å². The smallest absolute Gasteiger partial charge is 0.335 e. The molecule has 0 aliphatic carbocycles. The first-order valence-electron chi connectivity index (χ1n) is 5.49. The van der Waals surface area contributed by atoms with Crippen LogP contribution < -0.4 is 10.6 Å². The summed E-state index contributed by atoms with van der Waals surface area (Å²) < 4.78 is 10.8. The second-order valence-electron chi connectivity index (χ2n) is 3.73. The SMILES string of the molecule is CS(=O)CCNC(=O)NCc1cc(C(=O)O)ccn1. The number of nitrogens with zero attached hydrogens (tertiary/aromatic N) is 1. The summed E-state index contributed by atoms with van der Waals surface area (Å²) in [7, 11) is -0.950. The maximum Gasteiger partial charge on any atom is 0.335 e. The number of rotatable bonds is 6. The van der Waals surface area contributed by atoms with Gasteiger partial charge in [-0.1, -0.05) is 0 Å². The van der Waals surface area contributed by atoms with E-state index in [-0.39, 0.29) is 12.1 Å². The number of nitrogens with one attached hydrogen (secondary N) is 2. The number of hydrogen-bond donors (Lipinski definition) is 3. The minimum Gasteiger partial charge on any atom is -0.478 e. The van der Waals surface area contributed by atoms with E-state index in [4.69, 9.17) is 5.11 Å². The number of aromatic carboxylic acids is 1. The second kappa shape index (κ2) is 7.47. The molecule has 0 saturated heterocycles. The Kier molecular flexibility index (Phi) is 5.94. The monoisotopic (exact) mass is 285 g/mol. The van der Waals surface area contributed by atoms with Gasteiger partial charge in [0.2, 0.25) is 0 Å². The number of carboxylic acids is 1. The molecule has 0 fully saturated rings. The van der Waals surface area contributed by atoms with Crippen molar-refractivity contribution in [3.8, 4) is 0 Å². The van der Waals surface area contributed by atoms with Gasteiger partial charge in [0.15, 0.2) is 0 Å². The van der Waals surface area contributed by atoms with E-state index in [1.807, 2.05) is 0 Å². The van der Waals surface area contributed by atoms with Gasteiger partial charge in [0.25, 0.3) is 0 Å². The number of carbonyl (C=O) groups is 2. The molecule has 1 aromatic rings. The lowest BCUT2D eigenvalue weighted by Crippen LogP contribution is -2.37. The first-order chi connectivity index (χ1) is 8.99. The Bertz CT molecular complexity index is 493. The Morgan fingerprint density at radius 1 is 1.42 bits per heavy atom. The lowest BCUT2D eigenvalue weighted by molar-refractivity contribution is 0.0696. The van der Waals surface area contributed by atoms with E-state index in [0.717, 1.165) is 0 Å². The van der Waals surface area contributed by atoms with E-state index < -0.39 is 22.8 Å². The predicted molar refractivity (Wildman–Crippen MR) is 70.4 cm³/mol. The Morgan fingerprint density at radius 2 is 2.16 bits per heavy atom. The third-order valence-electron chi connectivity index (χ3n) is 2.17. The van der Waals surface area contributed by atoms with Crippen LogP contribution in [0.3, 0.4) is 0 Å². The van der Waals surface area contributed by atoms with Crippen LogP contribution in [0.25, 0.3) is 0 Å². The zero-order valence-corrected chi connectivity index (χ0v) is 11.2. The fourth-order valence-corrected chi connectivity index (χ4v) is 1.64. The molecule has 0 aliphatic heterocycles. The summed E-state index contributed by atoms with van der Waals surface area (Å²) in [6, 6.07) is 2.36. The molecule has 1 rings (SSSR count). The Balaban J connectivity index is 2.39. The second-order valence-corrected chi connectivity index (χ2v) is 5.28. The van der Waals surface area contributed by atoms with Crippen molar-refractivity contribution in [1.29, 1.82) is 0 Å². The van der Waals surface area contributed by atoms with E-state index in [1.54, 1.807) is 6.26 Å². The van der Waals surface area contributed by atoms with Crippen LogP contribution in [0.1, 0.15) is 16.1 Å². The molecule has 0 radical (unpaired) electrons. The molecule has 1 heterocycles. The fourth-order valence-electron chi connectivity index (χ4n) is 1.25. The minimum atomic E-state index is -1.04. The van der Waals surface area contributed by atoms with Crippen LogP contribution in [0.2, 0.25) is 0 Å². The van der Waals surface area contributed by atoms with Crippen molar-refractivity contribution in [2.75, 3.05) is 18.6 Å². The highest BCUT2D eigenvalue weighted by molar-refractivity contribution is 7.84. The molecule has 0 spiro atoms. The van der Waals surface area contributed by atoms with Crippen LogP contribution in [-0.2, 0) is 17.3 Å². The van der Waals surface area contributed by atoms with Crippen LogP contribution in [0, 0.1) is 0 Å². The van der Waals surface area contributed by atoms with Gasteiger partial charge in [-0.2, -0.15) is 0 Å². The number of urea groups is 1. The highest BCUT2D eigenvalue weighted by atomic mass is 32.2. The van der Waals surface area contributed by atoms with Crippen molar-refractivity contribution in [3.63, 3.8) is 0 Å². The molecular formula is C11H15N3O4S. The van der Waals surface area contributed by atoms with Gasteiger partial charge < -0.3 is 15.7 Å². The summed E-state index contributed by atoms with van der Waals surface area (Å²) in [6.07, 6.45) is 2.93. The maximum atomic E-state index is 11.4. The average Bonchev–Trinajstić information content (AvgIpc) is 2.36. The third-order valence-corrected chi connectivity index (χ3v) is 2.95. The van der Waals surface area contributed by atoms with Gasteiger partial charge in [-0.3, -0.25) is 9.19 Å². The number of hydrogen-bond acceptors (Lipinski definition) is 4. The van der Waals surface area contributed by atoms with Gasteiger partial charge in [-0.25, -0.2) is 9.59 Å². The average molecular weight is 285 g/mol. The molecule has 0 aromatic carbocycles. The van der Waals surface area contributed by atoms with Crippen molar-refractivity contribution in [2.45, 2.75) is 6.54 Å². The maximum absolute atomic E-state index is 11.4. The zero-order valence-electron chi connectivity index (χ0n) is 10.4. The van der Waals surface area contributed by atoms with Crippen molar-refractivity contribution < 1.29 is 18.9 Å². The lowest BCUT2D eigenvalue weighted by atomic mass is 10.2. The number of aromatic nitrogens is 1. The first kappa shape index (κ1) is 15.1. The highest BCUT2D eigenvalue weighted by Gasteiger charge is 2.05. The summed E-state index contributed by atoms with van der Waals surface area (Å²) in [5.41, 5.74) is 0.572. The first-order valence-corrected chi connectivity index (χ1v) is 7.21. The minimum absolute atomic E-state index is 0.119. The third kappa shape index (κ3) is 5.96. The van der Waals surface area contributed by atoms with Gasteiger partial charge in [0.05, 0.1) is 17.8 Å². The highest BCUT2D eigenvalue weighted by Crippen LogP contribution is 2.01. The summed E-state index contributed by atoms with van der Waals surface area (Å²) in [4.78, 5) is 26.0. The number of pyridine rings is 1. The zero-order chi connectivity index (χ0) is 14.3. The summed E-state index contributed by atoms with van der Waals surface area (Å²) in [5, 5.41) is 13.9. The van der Waals surface area contributed by atoms with Gasteiger partial charge in [-0.05, 0) is 12.1 Å². The molecule has 3 N–H and O–H groups in total. The van der Waals surface area contributed by atoms with Gasteiger partial charge in [0, 0.05) is 35.5 Å². The molecule has 19 heavy (non-hydrogen) atoms. The van der Waals surface area contributed by atoms with Gasteiger partial charge >= 0.3 is 12.0 Å². The van der Waals surface area contributed by atoms with Crippen molar-refractivity contribution in [2.24, 2.45) is 0 Å². The summed E-state index contributed by atoms with van der Waals surface area (Å²) >= 11 is 0. The molecule has 1 unspecified atom stereocenters. The standard InChI is InChI=1S/C11H15N3O4S/c1-19(18)5-4-13-11(17)14-7-9-6-8(10(15)16)2-3-12-9/h2-3,6H,4-5,7H2,1H3,(H,15,16)(H2,13,14,17). The van der Waals surface area contributed by atoms with Gasteiger partial charge in [0.1, 0.15) is 0 Å². The summed E-state index contributed by atoms with van der Waals surface area (Å²) in [6.45, 7) is 0.444. The molecule has 1 atom stereocenters. The summed E-state index contributed by atoms with van der Waals surface area (Å²) in [5.74, 6) is -0.654. The molecule has 2 amide bonds. The van der Waals surface area contributed by atoms with Crippen LogP contribution >= 0.6 is 0 Å². The molecule has 8 heteroatoms. The van der Waals surface area contributed by atoms with E-state index in [2.05, 4.69) is 15.6 Å². The van der Waals surface area contributed by atoms with E-state index >= 15 is 0 Å². The fraction of sp³-hybridized carbons (Fsp3) is 0.364. The topological polar surface area (TPSA) is 108 Å². The molecule has 7 nitrogen and oxygen atoms in total. The Hall–Kier alpha value is -1.96. The molecule has 0 aliphatic rings. The van der Waals surface area contributed by atoms with Crippen molar-refractivity contribution in [3.05, 3.63) is 29.6 Å². The predicted octanol–water partition coefficient (Wildman–Crippen LogP) is -0.0425. The number of carboxylic acid groups (broad SMARTS) is 1. The lowest BCUT2D eigenvalue weighted by Gasteiger charge is -2.06. The molecular weight excluding hydrogens is 270 g/mol. The van der Waals surface area contributed by atoms with Crippen LogP contribution in [0.15, 0.2) is 18.3 Å². The molecule has 0 bridgehead atoms. The quantitative estimate of drug-likeness (QED) is 0.679. The molecule has 1 aromatic heterocycles. The van der Waals surface area contributed by atoms with Crippen molar-refractivity contribution >= 4 is 22.8 Å².